The lowest BCUT2D eigenvalue weighted by Crippen LogP contribution is -2.41. The zero-order valence-corrected chi connectivity index (χ0v) is 16.2. The van der Waals surface area contributed by atoms with Crippen molar-refractivity contribution in [3.05, 3.63) is 66.5 Å². The number of amidine groups is 1. The average Bonchev–Trinajstić information content (AvgIpc) is 2.73. The van der Waals surface area contributed by atoms with Crippen LogP contribution in [-0.2, 0) is 0 Å². The van der Waals surface area contributed by atoms with Crippen molar-refractivity contribution >= 4 is 22.3 Å². The van der Waals surface area contributed by atoms with Crippen LogP contribution in [0, 0.1) is 10.8 Å². The van der Waals surface area contributed by atoms with Gasteiger partial charge in [-0.2, -0.15) is 0 Å². The minimum absolute atomic E-state index is 0.0849. The average molecular weight is 374 g/mol. The van der Waals surface area contributed by atoms with E-state index in [0.29, 0.717) is 6.61 Å². The molecule has 3 aromatic rings. The molecule has 0 amide bonds. The molecule has 0 radical (unpaired) electrons. The summed E-state index contributed by atoms with van der Waals surface area (Å²) >= 11 is 0. The normalized spacial score (nSPS) is 16.1. The number of ether oxygens (including phenoxy) is 1. The molecule has 0 unspecified atom stereocenters. The maximum atomic E-state index is 7.62. The minimum atomic E-state index is 0.0849. The fourth-order valence-corrected chi connectivity index (χ4v) is 3.74. The van der Waals surface area contributed by atoms with Crippen molar-refractivity contribution in [2.45, 2.75) is 19.8 Å². The van der Waals surface area contributed by atoms with Crippen molar-refractivity contribution in [3.8, 4) is 5.75 Å². The summed E-state index contributed by atoms with van der Waals surface area (Å²) in [5.41, 5.74) is 7.76. The van der Waals surface area contributed by atoms with Crippen LogP contribution in [0.1, 0.15) is 25.3 Å². The number of hydrogen-bond acceptors (Lipinski definition) is 4. The van der Waals surface area contributed by atoms with Gasteiger partial charge < -0.3 is 15.4 Å². The number of pyridine rings is 1. The quantitative estimate of drug-likeness (QED) is 0.518. The minimum Gasteiger partial charge on any atom is -0.493 e. The lowest BCUT2D eigenvalue weighted by Gasteiger charge is -2.40. The molecule has 1 aliphatic heterocycles. The molecule has 2 aromatic carbocycles. The maximum Gasteiger partial charge on any atom is 0.122 e. The van der Waals surface area contributed by atoms with Crippen LogP contribution in [0.4, 0.5) is 5.69 Å². The number of nitrogens with one attached hydrogen (secondary N) is 1. The fourth-order valence-electron chi connectivity index (χ4n) is 3.74. The number of anilines is 1. The molecule has 1 saturated heterocycles. The standard InChI is InChI=1S/C23H26N4O/c1-23(8-12-27(13-9-23)20-6-10-26-11-7-20)16-28-21-5-4-17-2-3-18(22(24)25)14-19(17)15-21/h2-7,10-11,14-15H,8-9,12-13,16H2,1H3,(H3,24,25). The van der Waals surface area contributed by atoms with Gasteiger partial charge in [-0.05, 0) is 53.9 Å². The van der Waals surface area contributed by atoms with Crippen LogP contribution in [0.2, 0.25) is 0 Å². The number of nitrogens with two attached hydrogens (primary N) is 1. The molecule has 5 heteroatoms. The lowest BCUT2D eigenvalue weighted by atomic mass is 9.81. The first-order valence-corrected chi connectivity index (χ1v) is 9.68. The Morgan fingerprint density at radius 3 is 2.50 bits per heavy atom. The lowest BCUT2D eigenvalue weighted by molar-refractivity contribution is 0.131. The number of piperidine rings is 1. The Labute approximate surface area is 165 Å². The van der Waals surface area contributed by atoms with Gasteiger partial charge in [-0.15, -0.1) is 0 Å². The molecule has 1 aromatic heterocycles. The summed E-state index contributed by atoms with van der Waals surface area (Å²) in [6, 6.07) is 16.1. The first-order chi connectivity index (χ1) is 13.5. The number of hydrogen-bond donors (Lipinski definition) is 2. The summed E-state index contributed by atoms with van der Waals surface area (Å²) < 4.78 is 6.18. The highest BCUT2D eigenvalue weighted by Gasteiger charge is 2.31. The van der Waals surface area contributed by atoms with Crippen molar-refractivity contribution in [3.63, 3.8) is 0 Å². The van der Waals surface area contributed by atoms with Crippen molar-refractivity contribution < 1.29 is 4.74 Å². The number of benzene rings is 2. The predicted molar refractivity (Wildman–Crippen MR) is 114 cm³/mol. The van der Waals surface area contributed by atoms with E-state index in [1.165, 1.54) is 5.69 Å². The van der Waals surface area contributed by atoms with Gasteiger partial charge >= 0.3 is 0 Å². The molecule has 0 saturated carbocycles. The van der Waals surface area contributed by atoms with Crippen molar-refractivity contribution in [1.82, 2.24) is 4.98 Å². The first kappa shape index (κ1) is 18.3. The van der Waals surface area contributed by atoms with Crippen molar-refractivity contribution in [2.24, 2.45) is 11.1 Å². The van der Waals surface area contributed by atoms with Crippen LogP contribution >= 0.6 is 0 Å². The van der Waals surface area contributed by atoms with Gasteiger partial charge in [0.25, 0.3) is 0 Å². The Bertz CT molecular complexity index is 978. The second-order valence-corrected chi connectivity index (χ2v) is 7.93. The summed E-state index contributed by atoms with van der Waals surface area (Å²) in [6.45, 7) is 5.08. The third-order valence-corrected chi connectivity index (χ3v) is 5.71. The highest BCUT2D eigenvalue weighted by atomic mass is 16.5. The Hall–Kier alpha value is -3.08. The molecular formula is C23H26N4O. The molecule has 0 aliphatic carbocycles. The second-order valence-electron chi connectivity index (χ2n) is 7.93. The number of nitrogen functional groups attached to an aromatic ring is 1. The van der Waals surface area contributed by atoms with E-state index in [1.807, 2.05) is 42.7 Å². The molecule has 4 rings (SSSR count). The van der Waals surface area contributed by atoms with Crippen molar-refractivity contribution in [1.29, 1.82) is 5.41 Å². The van der Waals surface area contributed by atoms with Crippen LogP contribution in [0.15, 0.2) is 60.9 Å². The molecule has 1 aliphatic rings. The van der Waals surface area contributed by atoms with Gasteiger partial charge in [0.05, 0.1) is 6.61 Å². The summed E-state index contributed by atoms with van der Waals surface area (Å²) in [6.07, 6.45) is 5.89. The summed E-state index contributed by atoms with van der Waals surface area (Å²) in [4.78, 5) is 6.52. The Balaban J connectivity index is 1.40. The predicted octanol–water partition coefficient (Wildman–Crippen LogP) is 4.20. The highest BCUT2D eigenvalue weighted by molar-refractivity contribution is 5.99. The number of nitrogens with zero attached hydrogens (tertiary/aromatic N) is 2. The molecule has 1 fully saturated rings. The number of rotatable bonds is 5. The smallest absolute Gasteiger partial charge is 0.122 e. The summed E-state index contributed by atoms with van der Waals surface area (Å²) in [5.74, 6) is 0.952. The van der Waals surface area contributed by atoms with Gasteiger partial charge in [0.2, 0.25) is 0 Å². The Morgan fingerprint density at radius 2 is 1.79 bits per heavy atom. The van der Waals surface area contributed by atoms with E-state index in [2.05, 4.69) is 35.0 Å². The van der Waals surface area contributed by atoms with Crippen LogP contribution in [-0.4, -0.2) is 30.5 Å². The largest absolute Gasteiger partial charge is 0.493 e. The highest BCUT2D eigenvalue weighted by Crippen LogP contribution is 2.34. The van der Waals surface area contributed by atoms with Crippen LogP contribution in [0.3, 0.4) is 0 Å². The van der Waals surface area contributed by atoms with Gasteiger partial charge in [0.1, 0.15) is 11.6 Å². The SMILES string of the molecule is CC1(COc2ccc3ccc(C(=N)N)cc3c2)CCN(c2ccncc2)CC1. The third-order valence-electron chi connectivity index (χ3n) is 5.71. The Morgan fingerprint density at radius 1 is 1.07 bits per heavy atom. The monoisotopic (exact) mass is 374 g/mol. The number of aromatic nitrogens is 1. The Kier molecular flexibility index (Phi) is 4.90. The van der Waals surface area contributed by atoms with E-state index in [4.69, 9.17) is 15.9 Å². The molecule has 144 valence electrons. The third kappa shape index (κ3) is 3.93. The van der Waals surface area contributed by atoms with E-state index in [1.54, 1.807) is 0 Å². The van der Waals surface area contributed by atoms with Crippen LogP contribution in [0.25, 0.3) is 10.8 Å². The van der Waals surface area contributed by atoms with E-state index in [0.717, 1.165) is 48.0 Å². The van der Waals surface area contributed by atoms with E-state index < -0.39 is 0 Å². The van der Waals surface area contributed by atoms with Crippen LogP contribution < -0.4 is 15.4 Å². The van der Waals surface area contributed by atoms with E-state index in [-0.39, 0.29) is 11.3 Å². The molecule has 0 bridgehead atoms. The maximum absolute atomic E-state index is 7.62. The summed E-state index contributed by atoms with van der Waals surface area (Å²) in [5, 5.41) is 9.79. The van der Waals surface area contributed by atoms with Crippen molar-refractivity contribution in [2.75, 3.05) is 24.6 Å². The molecule has 28 heavy (non-hydrogen) atoms. The molecule has 0 atom stereocenters. The molecular weight excluding hydrogens is 348 g/mol. The van der Waals surface area contributed by atoms with Gasteiger partial charge in [-0.25, -0.2) is 0 Å². The van der Waals surface area contributed by atoms with E-state index >= 15 is 0 Å². The molecule has 0 spiro atoms. The van der Waals surface area contributed by atoms with Gasteiger partial charge in [0.15, 0.2) is 0 Å². The first-order valence-electron chi connectivity index (χ1n) is 9.68. The van der Waals surface area contributed by atoms with Crippen LogP contribution in [0.5, 0.6) is 5.75 Å². The van der Waals surface area contributed by atoms with Gasteiger partial charge in [0, 0.05) is 42.1 Å². The van der Waals surface area contributed by atoms with Gasteiger partial charge in [-0.3, -0.25) is 10.4 Å². The van der Waals surface area contributed by atoms with E-state index in [9.17, 15) is 0 Å². The summed E-state index contributed by atoms with van der Waals surface area (Å²) in [7, 11) is 0. The molecule has 5 nitrogen and oxygen atoms in total. The zero-order valence-electron chi connectivity index (χ0n) is 16.2. The second kappa shape index (κ2) is 7.50. The number of fused-ring (bicyclic) bond motifs is 1. The fraction of sp³-hybridized carbons (Fsp3) is 0.304. The van der Waals surface area contributed by atoms with Gasteiger partial charge in [-0.1, -0.05) is 25.1 Å². The molecule has 3 N–H and O–H groups in total. The molecule has 2 heterocycles. The zero-order chi connectivity index (χ0) is 19.6. The topological polar surface area (TPSA) is 75.2 Å².